The van der Waals surface area contributed by atoms with Crippen molar-refractivity contribution < 1.29 is 22.7 Å². The van der Waals surface area contributed by atoms with Gasteiger partial charge in [0, 0.05) is 36.2 Å². The van der Waals surface area contributed by atoms with Crippen LogP contribution in [0, 0.1) is 6.92 Å². The summed E-state index contributed by atoms with van der Waals surface area (Å²) in [5.41, 5.74) is 1.61. The van der Waals surface area contributed by atoms with Crippen LogP contribution in [0.1, 0.15) is 16.8 Å². The number of carbonyl (C=O) groups excluding carboxylic acids is 1. The maximum absolute atomic E-state index is 12.9. The summed E-state index contributed by atoms with van der Waals surface area (Å²) >= 11 is 0. The number of nitrogens with one attached hydrogen (secondary N) is 2. The molecule has 2 heterocycles. The first kappa shape index (κ1) is 23.5. The molecule has 0 bridgehead atoms. The molecule has 34 heavy (non-hydrogen) atoms. The molecule has 1 aliphatic rings. The van der Waals surface area contributed by atoms with Crippen molar-refractivity contribution in [3.8, 4) is 0 Å². The van der Waals surface area contributed by atoms with Crippen molar-refractivity contribution in [3.05, 3.63) is 71.4 Å². The Balaban J connectivity index is 1.37. The Morgan fingerprint density at radius 2 is 1.74 bits per heavy atom. The molecule has 2 aromatic carbocycles. The molecule has 1 amide bonds. The quantitative estimate of drug-likeness (QED) is 0.549. The molecule has 7 nitrogen and oxygen atoms in total. The minimum absolute atomic E-state index is 0.161. The molecule has 4 rings (SSSR count). The van der Waals surface area contributed by atoms with E-state index >= 15 is 0 Å². The van der Waals surface area contributed by atoms with Gasteiger partial charge in [-0.2, -0.15) is 18.2 Å². The number of alkyl halides is 3. The molecule has 3 aromatic rings. The van der Waals surface area contributed by atoms with Gasteiger partial charge in [0.1, 0.15) is 5.82 Å². The number of halogens is 3. The maximum Gasteiger partial charge on any atom is 0.416 e. The van der Waals surface area contributed by atoms with Crippen LogP contribution in [0.3, 0.4) is 0 Å². The van der Waals surface area contributed by atoms with Crippen LogP contribution in [0.15, 0.2) is 54.6 Å². The van der Waals surface area contributed by atoms with Crippen molar-refractivity contribution in [2.45, 2.75) is 19.5 Å². The molecule has 0 atom stereocenters. The van der Waals surface area contributed by atoms with Crippen molar-refractivity contribution >= 4 is 29.0 Å². The normalized spacial score (nSPS) is 14.1. The van der Waals surface area contributed by atoms with E-state index in [1.807, 2.05) is 13.0 Å². The first-order valence-corrected chi connectivity index (χ1v) is 10.8. The predicted molar refractivity (Wildman–Crippen MR) is 123 cm³/mol. The highest BCUT2D eigenvalue weighted by molar-refractivity contribution is 5.92. The standard InChI is InChI=1S/C24H24F3N5O2/c1-16-13-21(32-9-11-34-12-10-32)31-23(28-16)30-20-7-5-19(6-8-20)29-22(33)15-17-3-2-4-18(14-17)24(25,26)27/h2-8,13-14H,9-12,15H2,1H3,(H,29,33)(H,28,30,31). The van der Waals surface area contributed by atoms with E-state index in [1.165, 1.54) is 12.1 Å². The molecule has 0 radical (unpaired) electrons. The van der Waals surface area contributed by atoms with E-state index in [9.17, 15) is 18.0 Å². The Morgan fingerprint density at radius 3 is 2.44 bits per heavy atom. The average molecular weight is 471 g/mol. The number of carbonyl (C=O) groups is 1. The number of amides is 1. The van der Waals surface area contributed by atoms with E-state index in [1.54, 1.807) is 24.3 Å². The average Bonchev–Trinajstić information content (AvgIpc) is 2.80. The molecule has 178 valence electrons. The van der Waals surface area contributed by atoms with Crippen LogP contribution in [0.25, 0.3) is 0 Å². The van der Waals surface area contributed by atoms with Crippen molar-refractivity contribution in [1.82, 2.24) is 9.97 Å². The van der Waals surface area contributed by atoms with Gasteiger partial charge in [-0.15, -0.1) is 0 Å². The smallest absolute Gasteiger partial charge is 0.378 e. The number of nitrogens with zero attached hydrogens (tertiary/aromatic N) is 3. The molecular weight excluding hydrogens is 447 g/mol. The van der Waals surface area contributed by atoms with Crippen LogP contribution < -0.4 is 15.5 Å². The lowest BCUT2D eigenvalue weighted by molar-refractivity contribution is -0.137. The number of rotatable bonds is 6. The van der Waals surface area contributed by atoms with Crippen molar-refractivity contribution in [2.24, 2.45) is 0 Å². The molecule has 1 saturated heterocycles. The first-order chi connectivity index (χ1) is 16.3. The molecule has 10 heteroatoms. The van der Waals surface area contributed by atoms with Crippen LogP contribution in [0.2, 0.25) is 0 Å². The summed E-state index contributed by atoms with van der Waals surface area (Å²) in [5, 5.41) is 5.87. The molecule has 0 spiro atoms. The summed E-state index contributed by atoms with van der Waals surface area (Å²) in [6.45, 7) is 4.76. The summed E-state index contributed by atoms with van der Waals surface area (Å²) in [6, 6.07) is 13.6. The molecular formula is C24H24F3N5O2. The fourth-order valence-corrected chi connectivity index (χ4v) is 3.58. The largest absolute Gasteiger partial charge is 0.416 e. The topological polar surface area (TPSA) is 79.4 Å². The highest BCUT2D eigenvalue weighted by Crippen LogP contribution is 2.29. The number of hydrogen-bond acceptors (Lipinski definition) is 6. The maximum atomic E-state index is 12.9. The number of aromatic nitrogens is 2. The van der Waals surface area contributed by atoms with Gasteiger partial charge in [0.15, 0.2) is 0 Å². The second-order valence-corrected chi connectivity index (χ2v) is 7.92. The second-order valence-electron chi connectivity index (χ2n) is 7.92. The van der Waals surface area contributed by atoms with Gasteiger partial charge >= 0.3 is 6.18 Å². The number of hydrogen-bond donors (Lipinski definition) is 2. The van der Waals surface area contributed by atoms with E-state index in [0.717, 1.165) is 42.4 Å². The van der Waals surface area contributed by atoms with E-state index in [-0.39, 0.29) is 6.42 Å². The fraction of sp³-hybridized carbons (Fsp3) is 0.292. The van der Waals surface area contributed by atoms with E-state index in [4.69, 9.17) is 4.74 Å². The second kappa shape index (κ2) is 10.1. The number of morpholine rings is 1. The summed E-state index contributed by atoms with van der Waals surface area (Å²) in [6.07, 6.45) is -4.61. The van der Waals surface area contributed by atoms with Crippen LogP contribution in [0.4, 0.5) is 36.3 Å². The molecule has 0 saturated carbocycles. The molecule has 0 aliphatic carbocycles. The van der Waals surface area contributed by atoms with E-state index in [0.29, 0.717) is 30.4 Å². The monoisotopic (exact) mass is 471 g/mol. The van der Waals surface area contributed by atoms with Crippen LogP contribution >= 0.6 is 0 Å². The first-order valence-electron chi connectivity index (χ1n) is 10.8. The SMILES string of the molecule is Cc1cc(N2CCOCC2)nc(Nc2ccc(NC(=O)Cc3cccc(C(F)(F)F)c3)cc2)n1. The highest BCUT2D eigenvalue weighted by atomic mass is 19.4. The Labute approximate surface area is 195 Å². The Morgan fingerprint density at radius 1 is 1.03 bits per heavy atom. The van der Waals surface area contributed by atoms with Crippen molar-refractivity contribution in [1.29, 1.82) is 0 Å². The summed E-state index contributed by atoms with van der Waals surface area (Å²) in [4.78, 5) is 23.5. The zero-order valence-electron chi connectivity index (χ0n) is 18.5. The molecule has 0 unspecified atom stereocenters. The highest BCUT2D eigenvalue weighted by Gasteiger charge is 2.30. The van der Waals surface area contributed by atoms with Crippen LogP contribution in [-0.4, -0.2) is 42.2 Å². The number of aryl methyl sites for hydroxylation is 1. The third-order valence-electron chi connectivity index (χ3n) is 5.22. The molecule has 1 aromatic heterocycles. The van der Waals surface area contributed by atoms with Gasteiger partial charge in [0.25, 0.3) is 0 Å². The Bertz CT molecular complexity index is 1150. The minimum atomic E-state index is -4.45. The zero-order chi connectivity index (χ0) is 24.1. The summed E-state index contributed by atoms with van der Waals surface area (Å²) < 4.78 is 44.0. The van der Waals surface area contributed by atoms with E-state index < -0.39 is 17.6 Å². The third kappa shape index (κ3) is 6.22. The van der Waals surface area contributed by atoms with Gasteiger partial charge in [-0.3, -0.25) is 4.79 Å². The Kier molecular flexibility index (Phi) is 6.97. The summed E-state index contributed by atoms with van der Waals surface area (Å²) in [7, 11) is 0. The number of benzene rings is 2. The van der Waals surface area contributed by atoms with Crippen LogP contribution in [0.5, 0.6) is 0 Å². The van der Waals surface area contributed by atoms with Crippen molar-refractivity contribution in [3.63, 3.8) is 0 Å². The van der Waals surface area contributed by atoms with Gasteiger partial charge in [0.2, 0.25) is 11.9 Å². The van der Waals surface area contributed by atoms with Gasteiger partial charge in [-0.05, 0) is 42.8 Å². The van der Waals surface area contributed by atoms with Gasteiger partial charge < -0.3 is 20.3 Å². The summed E-state index contributed by atoms with van der Waals surface area (Å²) in [5.74, 6) is 0.886. The van der Waals surface area contributed by atoms with Crippen LogP contribution in [-0.2, 0) is 22.1 Å². The van der Waals surface area contributed by atoms with Crippen molar-refractivity contribution in [2.75, 3.05) is 41.8 Å². The van der Waals surface area contributed by atoms with Gasteiger partial charge in [0.05, 0.1) is 25.2 Å². The molecule has 2 N–H and O–H groups in total. The zero-order valence-corrected chi connectivity index (χ0v) is 18.5. The van der Waals surface area contributed by atoms with E-state index in [2.05, 4.69) is 25.5 Å². The number of ether oxygens (including phenoxy) is 1. The minimum Gasteiger partial charge on any atom is -0.378 e. The predicted octanol–water partition coefficient (Wildman–Crippen LogP) is 4.57. The molecule has 1 fully saturated rings. The van der Waals surface area contributed by atoms with Gasteiger partial charge in [-0.25, -0.2) is 4.98 Å². The van der Waals surface area contributed by atoms with Gasteiger partial charge in [-0.1, -0.05) is 18.2 Å². The lowest BCUT2D eigenvalue weighted by atomic mass is 10.1. The fourth-order valence-electron chi connectivity index (χ4n) is 3.58. The molecule has 1 aliphatic heterocycles. The Hall–Kier alpha value is -3.66. The number of anilines is 4. The lowest BCUT2D eigenvalue weighted by Gasteiger charge is -2.28. The third-order valence-corrected chi connectivity index (χ3v) is 5.22. The lowest BCUT2D eigenvalue weighted by Crippen LogP contribution is -2.36.